The third-order valence-corrected chi connectivity index (χ3v) is 5.97. The molecule has 112 valence electrons. The van der Waals surface area contributed by atoms with Crippen molar-refractivity contribution in [2.24, 2.45) is 23.7 Å². The Morgan fingerprint density at radius 3 is 2.70 bits per heavy atom. The second kappa shape index (κ2) is 3.96. The molecule has 1 saturated carbocycles. The van der Waals surface area contributed by atoms with Gasteiger partial charge < -0.3 is 9.47 Å². The number of hydrogen-bond acceptors (Lipinski definition) is 5. The summed E-state index contributed by atoms with van der Waals surface area (Å²) in [6, 6.07) is 0. The van der Waals surface area contributed by atoms with E-state index in [4.69, 9.17) is 19.2 Å². The smallest absolute Gasteiger partial charge is 0.311 e. The van der Waals surface area contributed by atoms with E-state index in [1.165, 1.54) is 0 Å². The fourth-order valence-electron chi connectivity index (χ4n) is 4.76. The first-order valence-corrected chi connectivity index (χ1v) is 7.71. The maximum absolute atomic E-state index is 12.1. The normalized spacial score (nSPS) is 57.8. The lowest BCUT2D eigenvalue weighted by atomic mass is 9.58. The van der Waals surface area contributed by atoms with Crippen molar-refractivity contribution in [1.82, 2.24) is 0 Å². The maximum atomic E-state index is 12.1. The molecular weight excluding hydrogens is 260 g/mol. The fraction of sp³-hybridized carbons (Fsp3) is 0.933. The summed E-state index contributed by atoms with van der Waals surface area (Å²) < 4.78 is 11.6. The van der Waals surface area contributed by atoms with E-state index in [-0.39, 0.29) is 17.8 Å². The lowest BCUT2D eigenvalue weighted by Gasteiger charge is -2.57. The van der Waals surface area contributed by atoms with Crippen LogP contribution in [0.2, 0.25) is 0 Å². The molecule has 0 aromatic heterocycles. The van der Waals surface area contributed by atoms with Gasteiger partial charge in [-0.2, -0.15) is 0 Å². The maximum Gasteiger partial charge on any atom is 0.311 e. The van der Waals surface area contributed by atoms with E-state index < -0.39 is 17.7 Å². The molecule has 4 unspecified atom stereocenters. The van der Waals surface area contributed by atoms with E-state index in [0.717, 1.165) is 25.7 Å². The van der Waals surface area contributed by atoms with Crippen molar-refractivity contribution in [2.75, 3.05) is 0 Å². The van der Waals surface area contributed by atoms with E-state index in [1.807, 2.05) is 13.8 Å². The monoisotopic (exact) mass is 282 g/mol. The average Bonchev–Trinajstić information content (AvgIpc) is 2.63. The Morgan fingerprint density at radius 1 is 1.10 bits per heavy atom. The van der Waals surface area contributed by atoms with Gasteiger partial charge in [-0.15, -0.1) is 0 Å². The number of hydrogen-bond donors (Lipinski definition) is 0. The van der Waals surface area contributed by atoms with Gasteiger partial charge in [-0.1, -0.05) is 13.8 Å². The lowest BCUT2D eigenvalue weighted by molar-refractivity contribution is -0.559. The van der Waals surface area contributed by atoms with Crippen molar-refractivity contribution in [3.05, 3.63) is 0 Å². The first-order chi connectivity index (χ1) is 9.46. The van der Waals surface area contributed by atoms with Crippen molar-refractivity contribution < 1.29 is 24.0 Å². The average molecular weight is 282 g/mol. The highest BCUT2D eigenvalue weighted by Gasteiger charge is 2.69. The quantitative estimate of drug-likeness (QED) is 0.504. The van der Waals surface area contributed by atoms with Crippen LogP contribution in [0.1, 0.15) is 46.5 Å². The Hall–Kier alpha value is -0.650. The summed E-state index contributed by atoms with van der Waals surface area (Å²) >= 11 is 0. The van der Waals surface area contributed by atoms with Gasteiger partial charge in [0.1, 0.15) is 0 Å². The minimum atomic E-state index is -0.793. The van der Waals surface area contributed by atoms with Crippen molar-refractivity contribution in [2.45, 2.75) is 64.1 Å². The third-order valence-electron chi connectivity index (χ3n) is 5.97. The predicted molar refractivity (Wildman–Crippen MR) is 68.0 cm³/mol. The van der Waals surface area contributed by atoms with Gasteiger partial charge in [0.05, 0.1) is 5.92 Å². The summed E-state index contributed by atoms with van der Waals surface area (Å²) in [7, 11) is 0. The molecule has 5 heteroatoms. The molecule has 20 heavy (non-hydrogen) atoms. The van der Waals surface area contributed by atoms with E-state index >= 15 is 0 Å². The highest BCUT2D eigenvalue weighted by atomic mass is 17.3. The Morgan fingerprint density at radius 2 is 1.90 bits per heavy atom. The van der Waals surface area contributed by atoms with Gasteiger partial charge in [0.15, 0.2) is 5.60 Å². The van der Waals surface area contributed by atoms with Crippen LogP contribution in [0.3, 0.4) is 0 Å². The molecule has 0 amide bonds. The molecule has 0 aromatic rings. The standard InChI is InChI=1S/C15H22O5/c1-8-4-5-11-9(2)12(16)17-13-15(11)10(8)6-7-14(3,18-13)19-20-15/h8-11,13H,4-7H2,1-3H3/t8-,9-,10?,11?,13-,14?,15?/m1/s1. The molecule has 4 aliphatic heterocycles. The lowest BCUT2D eigenvalue weighted by Crippen LogP contribution is -2.69. The topological polar surface area (TPSA) is 54.0 Å². The molecule has 1 aliphatic carbocycles. The Balaban J connectivity index is 1.84. The van der Waals surface area contributed by atoms with Crippen LogP contribution in [0.15, 0.2) is 0 Å². The van der Waals surface area contributed by atoms with Crippen LogP contribution in [0, 0.1) is 23.7 Å². The van der Waals surface area contributed by atoms with Crippen LogP contribution in [-0.4, -0.2) is 23.6 Å². The summed E-state index contributed by atoms with van der Waals surface area (Å²) in [4.78, 5) is 23.7. The molecule has 5 rings (SSSR count). The van der Waals surface area contributed by atoms with E-state index in [9.17, 15) is 4.79 Å². The van der Waals surface area contributed by atoms with Crippen LogP contribution >= 0.6 is 0 Å². The number of carbonyl (C=O) groups excluding carboxylic acids is 1. The van der Waals surface area contributed by atoms with Crippen molar-refractivity contribution >= 4 is 5.97 Å². The zero-order chi connectivity index (χ0) is 14.1. The van der Waals surface area contributed by atoms with Crippen LogP contribution in [0.4, 0.5) is 0 Å². The molecular formula is C15H22O5. The number of ether oxygens (including phenoxy) is 2. The van der Waals surface area contributed by atoms with Crippen LogP contribution < -0.4 is 0 Å². The number of carbonyl (C=O) groups is 1. The largest absolute Gasteiger partial charge is 0.432 e. The highest BCUT2D eigenvalue weighted by molar-refractivity contribution is 5.74. The number of fused-ring (bicyclic) bond motifs is 2. The molecule has 1 spiro atoms. The minimum absolute atomic E-state index is 0.123. The van der Waals surface area contributed by atoms with Gasteiger partial charge in [-0.3, -0.25) is 4.79 Å². The molecule has 0 radical (unpaired) electrons. The van der Waals surface area contributed by atoms with Gasteiger partial charge in [0.2, 0.25) is 12.1 Å². The summed E-state index contributed by atoms with van der Waals surface area (Å²) in [5.74, 6) is -0.137. The van der Waals surface area contributed by atoms with Crippen LogP contribution in [0.25, 0.3) is 0 Å². The van der Waals surface area contributed by atoms with Gasteiger partial charge in [-0.05, 0) is 32.1 Å². The van der Waals surface area contributed by atoms with E-state index in [2.05, 4.69) is 6.92 Å². The van der Waals surface area contributed by atoms with Crippen molar-refractivity contribution in [1.29, 1.82) is 0 Å². The van der Waals surface area contributed by atoms with Crippen LogP contribution in [0.5, 0.6) is 0 Å². The zero-order valence-electron chi connectivity index (χ0n) is 12.3. The zero-order valence-corrected chi connectivity index (χ0v) is 12.3. The summed E-state index contributed by atoms with van der Waals surface area (Å²) in [5.41, 5.74) is -0.610. The van der Waals surface area contributed by atoms with Crippen molar-refractivity contribution in [3.8, 4) is 0 Å². The van der Waals surface area contributed by atoms with Gasteiger partial charge >= 0.3 is 5.97 Å². The highest BCUT2D eigenvalue weighted by Crippen LogP contribution is 2.59. The summed E-state index contributed by atoms with van der Waals surface area (Å²) in [6.07, 6.45) is 3.24. The van der Waals surface area contributed by atoms with Gasteiger partial charge in [-0.25, -0.2) is 9.78 Å². The Labute approximate surface area is 118 Å². The molecule has 2 bridgehead atoms. The first-order valence-electron chi connectivity index (χ1n) is 7.71. The molecule has 0 N–H and O–H groups in total. The summed E-state index contributed by atoms with van der Waals surface area (Å²) in [6.45, 7) is 6.06. The van der Waals surface area contributed by atoms with Gasteiger partial charge in [0.25, 0.3) is 0 Å². The minimum Gasteiger partial charge on any atom is -0.432 e. The Kier molecular flexibility index (Phi) is 2.58. The second-order valence-corrected chi connectivity index (χ2v) is 7.14. The van der Waals surface area contributed by atoms with E-state index in [1.54, 1.807) is 0 Å². The molecule has 4 saturated heterocycles. The first kappa shape index (κ1) is 13.0. The third kappa shape index (κ3) is 1.46. The van der Waals surface area contributed by atoms with Gasteiger partial charge in [0, 0.05) is 18.3 Å². The Bertz CT molecular complexity index is 452. The summed E-state index contributed by atoms with van der Waals surface area (Å²) in [5, 5.41) is 0. The predicted octanol–water partition coefficient (Wildman–Crippen LogP) is 2.39. The molecule has 7 atom stereocenters. The molecule has 5 aliphatic rings. The molecule has 5 nitrogen and oxygen atoms in total. The SMILES string of the molecule is C[C@@H]1CCC2[C@@H](C)C(=O)O[C@@H]3OC4(C)CCC1C23OO4. The molecule has 5 fully saturated rings. The van der Waals surface area contributed by atoms with Crippen LogP contribution in [-0.2, 0) is 24.0 Å². The van der Waals surface area contributed by atoms with Crippen molar-refractivity contribution in [3.63, 3.8) is 0 Å². The molecule has 0 aromatic carbocycles. The molecule has 4 heterocycles. The number of rotatable bonds is 0. The van der Waals surface area contributed by atoms with E-state index in [0.29, 0.717) is 11.8 Å². The fourth-order valence-corrected chi connectivity index (χ4v) is 4.76. The number of esters is 1. The second-order valence-electron chi connectivity index (χ2n) is 7.14.